The molecule has 0 spiro atoms. The minimum Gasteiger partial charge on any atom is -0.272 e. The molecule has 0 radical (unpaired) electrons. The molecule has 1 N–H and O–H groups in total. The number of nitrogens with one attached hydrogen (secondary N) is 1. The summed E-state index contributed by atoms with van der Waals surface area (Å²) in [6.45, 7) is 0. The van der Waals surface area contributed by atoms with E-state index in [9.17, 15) is 4.79 Å². The highest BCUT2D eigenvalue weighted by molar-refractivity contribution is 7.99. The third-order valence-electron chi connectivity index (χ3n) is 4.04. The first-order chi connectivity index (χ1) is 14.2. The van der Waals surface area contributed by atoms with Crippen molar-refractivity contribution in [3.8, 4) is 5.69 Å². The van der Waals surface area contributed by atoms with Gasteiger partial charge in [-0.1, -0.05) is 71.9 Å². The Labute approximate surface area is 175 Å². The Morgan fingerprint density at radius 3 is 2.76 bits per heavy atom. The lowest BCUT2D eigenvalue weighted by atomic mass is 10.1. The van der Waals surface area contributed by atoms with Crippen LogP contribution in [0.25, 0.3) is 16.5 Å². The molecule has 144 valence electrons. The zero-order valence-corrected chi connectivity index (χ0v) is 16.6. The number of hydrazone groups is 1. The van der Waals surface area contributed by atoms with Crippen molar-refractivity contribution in [2.24, 2.45) is 5.10 Å². The van der Waals surface area contributed by atoms with Crippen molar-refractivity contribution < 1.29 is 4.79 Å². The molecule has 0 aliphatic carbocycles. The fourth-order valence-corrected chi connectivity index (χ4v) is 3.51. The average molecular weight is 423 g/mol. The molecule has 0 fully saturated rings. The zero-order valence-electron chi connectivity index (χ0n) is 15.1. The second-order valence-electron chi connectivity index (χ2n) is 6.00. The molecule has 0 aliphatic heterocycles. The van der Waals surface area contributed by atoms with Crippen molar-refractivity contribution >= 4 is 46.3 Å². The summed E-state index contributed by atoms with van der Waals surface area (Å²) in [4.78, 5) is 12.1. The van der Waals surface area contributed by atoms with Crippen LogP contribution in [0.2, 0.25) is 5.02 Å². The Hall–Kier alpha value is -3.23. The van der Waals surface area contributed by atoms with Crippen LogP contribution in [0.4, 0.5) is 0 Å². The first-order valence-corrected chi connectivity index (χ1v) is 10.0. The molecule has 0 saturated heterocycles. The van der Waals surface area contributed by atoms with E-state index in [0.717, 1.165) is 22.0 Å². The summed E-state index contributed by atoms with van der Waals surface area (Å²) in [5.74, 6) is -0.129. The molecule has 0 unspecified atom stereocenters. The Balaban J connectivity index is 1.41. The van der Waals surface area contributed by atoms with E-state index >= 15 is 0 Å². The third-order valence-corrected chi connectivity index (χ3v) is 5.21. The maximum atomic E-state index is 12.1. The second kappa shape index (κ2) is 8.85. The monoisotopic (exact) mass is 422 g/mol. The first kappa shape index (κ1) is 19.1. The molecule has 3 aromatic carbocycles. The van der Waals surface area contributed by atoms with Crippen molar-refractivity contribution in [2.75, 3.05) is 5.75 Å². The van der Waals surface area contributed by atoms with Gasteiger partial charge in [0.25, 0.3) is 5.91 Å². The normalized spacial score (nSPS) is 11.2. The predicted molar refractivity (Wildman–Crippen MR) is 115 cm³/mol. The van der Waals surface area contributed by atoms with Crippen LogP contribution in [0.15, 0.2) is 77.0 Å². The summed E-state index contributed by atoms with van der Waals surface area (Å²) in [7, 11) is 0. The fraction of sp³-hybridized carbons (Fsp3) is 0.0500. The van der Waals surface area contributed by atoms with E-state index in [1.54, 1.807) is 23.0 Å². The molecular weight excluding hydrogens is 408 g/mol. The molecule has 0 bridgehead atoms. The van der Waals surface area contributed by atoms with Crippen LogP contribution in [0.5, 0.6) is 0 Å². The van der Waals surface area contributed by atoms with Crippen LogP contribution in [-0.2, 0) is 4.79 Å². The van der Waals surface area contributed by atoms with Crippen LogP contribution in [0, 0.1) is 0 Å². The lowest BCUT2D eigenvalue weighted by Gasteiger charge is -2.07. The lowest BCUT2D eigenvalue weighted by Crippen LogP contribution is -2.20. The SMILES string of the molecule is O=C(CSc1nnnn1-c1cccc2ccccc12)NN=Cc1ccc(Cl)cc1. The first-order valence-electron chi connectivity index (χ1n) is 8.67. The Kier molecular flexibility index (Phi) is 5.83. The number of benzene rings is 3. The summed E-state index contributed by atoms with van der Waals surface area (Å²) < 4.78 is 1.64. The summed E-state index contributed by atoms with van der Waals surface area (Å²) in [5.41, 5.74) is 4.19. The number of amides is 1. The molecule has 0 atom stereocenters. The van der Waals surface area contributed by atoms with Crippen molar-refractivity contribution in [3.63, 3.8) is 0 Å². The molecule has 7 nitrogen and oxygen atoms in total. The molecule has 1 aromatic heterocycles. The Bertz CT molecular complexity index is 1170. The maximum absolute atomic E-state index is 12.1. The quantitative estimate of drug-likeness (QED) is 0.291. The highest BCUT2D eigenvalue weighted by atomic mass is 35.5. The number of aromatic nitrogens is 4. The van der Waals surface area contributed by atoms with E-state index in [1.165, 1.54) is 11.8 Å². The smallest absolute Gasteiger partial charge is 0.250 e. The Morgan fingerprint density at radius 1 is 1.10 bits per heavy atom. The van der Waals surface area contributed by atoms with Crippen LogP contribution >= 0.6 is 23.4 Å². The standard InChI is InChI=1S/C20H15ClN6OS/c21-16-10-8-14(9-11-16)12-22-23-19(28)13-29-20-24-25-26-27(20)18-7-3-5-15-4-1-2-6-17(15)18/h1-12H,13H2,(H,23,28). The minimum atomic E-state index is -0.257. The second-order valence-corrected chi connectivity index (χ2v) is 7.38. The van der Waals surface area contributed by atoms with Gasteiger partial charge in [0.05, 0.1) is 17.7 Å². The van der Waals surface area contributed by atoms with Gasteiger partial charge in [0, 0.05) is 10.4 Å². The molecule has 29 heavy (non-hydrogen) atoms. The highest BCUT2D eigenvalue weighted by Gasteiger charge is 2.13. The molecule has 0 saturated carbocycles. The number of carbonyl (C=O) groups excluding carboxylic acids is 1. The van der Waals surface area contributed by atoms with Crippen molar-refractivity contribution in [3.05, 3.63) is 77.3 Å². The van der Waals surface area contributed by atoms with Crippen LogP contribution in [0.1, 0.15) is 5.56 Å². The van der Waals surface area contributed by atoms with Gasteiger partial charge in [0.2, 0.25) is 5.16 Å². The summed E-state index contributed by atoms with van der Waals surface area (Å²) >= 11 is 7.08. The van der Waals surface area contributed by atoms with Gasteiger partial charge >= 0.3 is 0 Å². The lowest BCUT2D eigenvalue weighted by molar-refractivity contribution is -0.118. The molecule has 1 amide bonds. The van der Waals surface area contributed by atoms with E-state index in [4.69, 9.17) is 11.6 Å². The van der Waals surface area contributed by atoms with Gasteiger partial charge in [-0.15, -0.1) is 5.10 Å². The molecule has 4 rings (SSSR count). The summed E-state index contributed by atoms with van der Waals surface area (Å²) in [6.07, 6.45) is 1.55. The number of carbonyl (C=O) groups is 1. The van der Waals surface area contributed by atoms with Crippen molar-refractivity contribution in [1.29, 1.82) is 0 Å². The number of nitrogens with zero attached hydrogens (tertiary/aromatic N) is 5. The number of thioether (sulfide) groups is 1. The average Bonchev–Trinajstić information content (AvgIpc) is 3.22. The summed E-state index contributed by atoms with van der Waals surface area (Å²) in [5, 5.41) is 19.1. The third kappa shape index (κ3) is 4.61. The van der Waals surface area contributed by atoms with Gasteiger partial charge in [0.1, 0.15) is 0 Å². The van der Waals surface area contributed by atoms with E-state index < -0.39 is 0 Å². The molecule has 1 heterocycles. The van der Waals surface area contributed by atoms with Crippen LogP contribution in [-0.4, -0.2) is 38.1 Å². The van der Waals surface area contributed by atoms with Crippen molar-refractivity contribution in [2.45, 2.75) is 5.16 Å². The minimum absolute atomic E-state index is 0.128. The van der Waals surface area contributed by atoms with E-state index in [0.29, 0.717) is 10.2 Å². The molecule has 9 heteroatoms. The fourth-order valence-electron chi connectivity index (χ4n) is 2.70. The molecular formula is C20H15ClN6OS. The highest BCUT2D eigenvalue weighted by Crippen LogP contribution is 2.25. The van der Waals surface area contributed by atoms with Gasteiger partial charge < -0.3 is 0 Å². The number of fused-ring (bicyclic) bond motifs is 1. The van der Waals surface area contributed by atoms with E-state index in [2.05, 4.69) is 26.1 Å². The van der Waals surface area contributed by atoms with E-state index in [-0.39, 0.29) is 11.7 Å². The number of halogens is 1. The Morgan fingerprint density at radius 2 is 1.90 bits per heavy atom. The maximum Gasteiger partial charge on any atom is 0.250 e. The number of rotatable bonds is 6. The van der Waals surface area contributed by atoms with Gasteiger partial charge in [-0.05, 0) is 39.6 Å². The molecule has 0 aliphatic rings. The van der Waals surface area contributed by atoms with Crippen LogP contribution in [0.3, 0.4) is 0 Å². The van der Waals surface area contributed by atoms with Crippen LogP contribution < -0.4 is 5.43 Å². The largest absolute Gasteiger partial charge is 0.272 e. The zero-order chi connectivity index (χ0) is 20.1. The summed E-state index contributed by atoms with van der Waals surface area (Å²) in [6, 6.07) is 21.1. The predicted octanol–water partition coefficient (Wildman–Crippen LogP) is 3.71. The number of hydrogen-bond donors (Lipinski definition) is 1. The van der Waals surface area contributed by atoms with Gasteiger partial charge in [-0.25, -0.2) is 5.43 Å². The van der Waals surface area contributed by atoms with Gasteiger partial charge in [-0.3, -0.25) is 4.79 Å². The topological polar surface area (TPSA) is 85.1 Å². The van der Waals surface area contributed by atoms with Gasteiger partial charge in [-0.2, -0.15) is 9.78 Å². The number of hydrogen-bond acceptors (Lipinski definition) is 6. The van der Waals surface area contributed by atoms with E-state index in [1.807, 2.05) is 54.6 Å². The van der Waals surface area contributed by atoms with Gasteiger partial charge in [0.15, 0.2) is 0 Å². The van der Waals surface area contributed by atoms with Crippen molar-refractivity contribution in [1.82, 2.24) is 25.6 Å². The molecule has 4 aromatic rings. The number of tetrazole rings is 1.